The molecule has 0 aliphatic carbocycles. The third-order valence-corrected chi connectivity index (χ3v) is 6.85. The van der Waals surface area contributed by atoms with Crippen molar-refractivity contribution in [1.29, 1.82) is 0 Å². The minimum absolute atomic E-state index is 0.0322. The predicted octanol–water partition coefficient (Wildman–Crippen LogP) is -0.670. The van der Waals surface area contributed by atoms with Crippen molar-refractivity contribution in [3.8, 4) is 0 Å². The molecule has 138 valence electrons. The Bertz CT molecular complexity index is 675. The highest BCUT2D eigenvalue weighted by atomic mass is 32.2. The zero-order valence-corrected chi connectivity index (χ0v) is 15.3. The molecular weight excluding hydrogens is 346 g/mol. The van der Waals surface area contributed by atoms with Crippen molar-refractivity contribution in [3.05, 3.63) is 10.6 Å². The number of nitrogens with two attached hydrogens (primary N) is 1. The minimum atomic E-state index is -1.12. The second kappa shape index (κ2) is 6.00. The maximum Gasteiger partial charge on any atom is 0.353 e. The molecule has 3 aliphatic rings. The Morgan fingerprint density at radius 1 is 1.40 bits per heavy atom. The number of fused-ring (bicyclic) bond motifs is 1. The number of thioether (sulfide) groups is 1. The van der Waals surface area contributed by atoms with E-state index in [1.807, 2.05) is 14.1 Å². The summed E-state index contributed by atoms with van der Waals surface area (Å²) < 4.78 is 0.477. The number of likely N-dealkylation sites (tertiary alicyclic amines) is 1. The van der Waals surface area contributed by atoms with Crippen LogP contribution in [0.3, 0.4) is 0 Å². The van der Waals surface area contributed by atoms with E-state index in [2.05, 4.69) is 0 Å². The Balaban J connectivity index is 1.80. The van der Waals surface area contributed by atoms with Crippen molar-refractivity contribution in [2.45, 2.75) is 43.2 Å². The predicted molar refractivity (Wildman–Crippen MR) is 91.0 cm³/mol. The Morgan fingerprint density at radius 2 is 2.04 bits per heavy atom. The Kier molecular flexibility index (Phi) is 4.37. The number of aliphatic hydroxyl groups excluding tert-OH is 1. The van der Waals surface area contributed by atoms with Crippen LogP contribution in [0.5, 0.6) is 0 Å². The van der Waals surface area contributed by atoms with Gasteiger partial charge in [0.1, 0.15) is 5.70 Å². The fourth-order valence-corrected chi connectivity index (χ4v) is 6.05. The fourth-order valence-electron chi connectivity index (χ4n) is 4.34. The molecule has 2 fully saturated rings. The molecule has 3 heterocycles. The summed E-state index contributed by atoms with van der Waals surface area (Å²) in [5.74, 6) is -2.34. The summed E-state index contributed by atoms with van der Waals surface area (Å²) in [6.07, 6.45) is 0.232. The molecule has 5 atom stereocenters. The van der Waals surface area contributed by atoms with Crippen LogP contribution in [-0.2, 0) is 14.4 Å². The summed E-state index contributed by atoms with van der Waals surface area (Å²) in [4.78, 5) is 37.5. The number of primary amides is 1. The standard InChI is InChI=1S/C16H23N3O5S/c1-7(20)12-9-5-11(13(16(23)24)18(9)15(12)22)25-8-4-10(14(17)21)19(2,3)6-8/h7-10,12,20H,4-6H2,1-3H3,(H2-,17,21,23,24)/p+1/t7?,8?,9-,10?,12?/m0/s1. The number of nitrogens with zero attached hydrogens (tertiary/aromatic N) is 2. The van der Waals surface area contributed by atoms with Gasteiger partial charge in [0.15, 0.2) is 6.04 Å². The molecule has 0 aromatic carbocycles. The number of hydrogen-bond acceptors (Lipinski definition) is 5. The molecule has 3 aliphatic heterocycles. The average molecular weight is 370 g/mol. The quantitative estimate of drug-likeness (QED) is 0.436. The zero-order valence-electron chi connectivity index (χ0n) is 14.5. The van der Waals surface area contributed by atoms with Gasteiger partial charge in [-0.05, 0) is 6.92 Å². The van der Waals surface area contributed by atoms with Crippen molar-refractivity contribution in [1.82, 2.24) is 4.90 Å². The van der Waals surface area contributed by atoms with Crippen LogP contribution in [-0.4, -0.2) is 81.5 Å². The molecule has 0 bridgehead atoms. The van der Waals surface area contributed by atoms with E-state index in [1.165, 1.54) is 16.7 Å². The van der Waals surface area contributed by atoms with E-state index in [9.17, 15) is 24.6 Å². The zero-order chi connectivity index (χ0) is 18.7. The van der Waals surface area contributed by atoms with Crippen LogP contribution in [0.15, 0.2) is 10.6 Å². The van der Waals surface area contributed by atoms with Gasteiger partial charge in [0, 0.05) is 17.7 Å². The minimum Gasteiger partial charge on any atom is -0.477 e. The number of rotatable bonds is 5. The molecule has 0 radical (unpaired) electrons. The van der Waals surface area contributed by atoms with Gasteiger partial charge in [0.05, 0.1) is 44.0 Å². The van der Waals surface area contributed by atoms with Crippen molar-refractivity contribution >= 4 is 29.5 Å². The number of carbonyl (C=O) groups is 3. The lowest BCUT2D eigenvalue weighted by molar-refractivity contribution is -0.892. The third kappa shape index (κ3) is 2.84. The first-order chi connectivity index (χ1) is 11.5. The number of aliphatic hydroxyl groups is 1. The summed E-state index contributed by atoms with van der Waals surface area (Å²) in [6, 6.07) is -0.575. The van der Waals surface area contributed by atoms with Crippen LogP contribution in [0.4, 0.5) is 0 Å². The molecule has 2 saturated heterocycles. The van der Waals surface area contributed by atoms with E-state index in [0.29, 0.717) is 28.8 Å². The van der Waals surface area contributed by atoms with Crippen LogP contribution in [0.2, 0.25) is 0 Å². The van der Waals surface area contributed by atoms with Gasteiger partial charge in [0.2, 0.25) is 5.91 Å². The van der Waals surface area contributed by atoms with Crippen LogP contribution >= 0.6 is 11.8 Å². The summed E-state index contributed by atoms with van der Waals surface area (Å²) in [7, 11) is 3.88. The number of amides is 2. The van der Waals surface area contributed by atoms with Gasteiger partial charge >= 0.3 is 5.97 Å². The molecule has 0 aromatic rings. The van der Waals surface area contributed by atoms with E-state index >= 15 is 0 Å². The normalized spacial score (nSPS) is 34.7. The SMILES string of the molecule is CC(O)C1C(=O)N2C(C(=O)O)=C(SC3CC(C(N)=O)[N+](C)(C)C3)C[C@@H]12. The third-order valence-electron chi connectivity index (χ3n) is 5.53. The van der Waals surface area contributed by atoms with Crippen molar-refractivity contribution < 1.29 is 29.1 Å². The molecule has 4 unspecified atom stereocenters. The first kappa shape index (κ1) is 18.2. The Hall–Kier alpha value is -1.58. The monoisotopic (exact) mass is 370 g/mol. The first-order valence-corrected chi connectivity index (χ1v) is 9.18. The molecule has 0 spiro atoms. The number of carboxylic acids is 1. The number of hydrogen-bond donors (Lipinski definition) is 3. The number of aliphatic carboxylic acids is 1. The number of carboxylic acid groups (broad SMARTS) is 1. The van der Waals surface area contributed by atoms with Gasteiger partial charge in [-0.1, -0.05) is 0 Å². The van der Waals surface area contributed by atoms with E-state index < -0.39 is 18.0 Å². The van der Waals surface area contributed by atoms with E-state index in [0.717, 1.165) is 0 Å². The van der Waals surface area contributed by atoms with Crippen LogP contribution in [0.1, 0.15) is 19.8 Å². The summed E-state index contributed by atoms with van der Waals surface area (Å²) in [6.45, 7) is 2.26. The largest absolute Gasteiger partial charge is 0.477 e. The van der Waals surface area contributed by atoms with Gasteiger partial charge in [-0.3, -0.25) is 9.59 Å². The highest BCUT2D eigenvalue weighted by Crippen LogP contribution is 2.49. The van der Waals surface area contributed by atoms with Gasteiger partial charge < -0.3 is 25.3 Å². The van der Waals surface area contributed by atoms with Crippen LogP contribution in [0, 0.1) is 5.92 Å². The fraction of sp³-hybridized carbons (Fsp3) is 0.688. The summed E-state index contributed by atoms with van der Waals surface area (Å²) in [5.41, 5.74) is 5.52. The average Bonchev–Trinajstić information content (AvgIpc) is 2.93. The lowest BCUT2D eigenvalue weighted by atomic mass is 9.83. The lowest BCUT2D eigenvalue weighted by Gasteiger charge is -2.44. The molecule has 9 heteroatoms. The Labute approximate surface area is 150 Å². The maximum atomic E-state index is 12.2. The van der Waals surface area contributed by atoms with Gasteiger partial charge in [-0.15, -0.1) is 11.8 Å². The molecule has 2 amide bonds. The smallest absolute Gasteiger partial charge is 0.353 e. The van der Waals surface area contributed by atoms with Crippen molar-refractivity contribution in [2.75, 3.05) is 20.6 Å². The van der Waals surface area contributed by atoms with Gasteiger partial charge in [-0.25, -0.2) is 4.79 Å². The number of β-lactam (4-membered cyclic amide) rings is 1. The van der Waals surface area contributed by atoms with E-state index in [4.69, 9.17) is 5.73 Å². The highest BCUT2D eigenvalue weighted by molar-refractivity contribution is 8.03. The molecule has 0 aromatic heterocycles. The Morgan fingerprint density at radius 3 is 2.52 bits per heavy atom. The summed E-state index contributed by atoms with van der Waals surface area (Å²) >= 11 is 1.44. The van der Waals surface area contributed by atoms with Crippen molar-refractivity contribution in [2.24, 2.45) is 11.7 Å². The number of carbonyl (C=O) groups excluding carboxylic acids is 2. The first-order valence-electron chi connectivity index (χ1n) is 8.30. The van der Waals surface area contributed by atoms with E-state index in [-0.39, 0.29) is 34.8 Å². The lowest BCUT2D eigenvalue weighted by Crippen LogP contribution is -2.61. The second-order valence-corrected chi connectivity index (χ2v) is 9.07. The number of quaternary nitrogens is 1. The van der Waals surface area contributed by atoms with Gasteiger partial charge in [-0.2, -0.15) is 0 Å². The second-order valence-electron chi connectivity index (χ2n) is 7.68. The summed E-state index contributed by atoms with van der Waals surface area (Å²) in [5, 5.41) is 19.4. The highest BCUT2D eigenvalue weighted by Gasteiger charge is 2.57. The van der Waals surface area contributed by atoms with Crippen LogP contribution in [0.25, 0.3) is 0 Å². The van der Waals surface area contributed by atoms with Crippen LogP contribution < -0.4 is 5.73 Å². The van der Waals surface area contributed by atoms with E-state index in [1.54, 1.807) is 6.92 Å². The van der Waals surface area contributed by atoms with Gasteiger partial charge in [0.25, 0.3) is 5.91 Å². The maximum absolute atomic E-state index is 12.2. The molecule has 3 rings (SSSR count). The topological polar surface area (TPSA) is 121 Å². The number of likely N-dealkylation sites (N-methyl/N-ethyl adjacent to an activating group) is 1. The molecular formula is C16H24N3O5S+. The molecule has 8 nitrogen and oxygen atoms in total. The molecule has 4 N–H and O–H groups in total. The molecule has 25 heavy (non-hydrogen) atoms. The van der Waals surface area contributed by atoms with Crippen molar-refractivity contribution in [3.63, 3.8) is 0 Å². The molecule has 0 saturated carbocycles.